The summed E-state index contributed by atoms with van der Waals surface area (Å²) >= 11 is 7.92. The Morgan fingerprint density at radius 2 is 2.03 bits per heavy atom. The Bertz CT molecular complexity index is 1300. The van der Waals surface area contributed by atoms with E-state index in [1.54, 1.807) is 29.5 Å². The van der Waals surface area contributed by atoms with Gasteiger partial charge in [-0.2, -0.15) is 10.1 Å². The number of nitrogens with one attached hydrogen (secondary N) is 1. The Balaban J connectivity index is 1.66. The second kappa shape index (κ2) is 6.68. The van der Waals surface area contributed by atoms with Gasteiger partial charge in [-0.1, -0.05) is 35.9 Å². The zero-order valence-corrected chi connectivity index (χ0v) is 17.0. The molecule has 0 radical (unpaired) electrons. The molecule has 0 aliphatic carbocycles. The molecule has 4 aromatic rings. The fourth-order valence-corrected chi connectivity index (χ4v) is 5.11. The maximum absolute atomic E-state index is 14.9. The van der Waals surface area contributed by atoms with Gasteiger partial charge in [0, 0.05) is 26.6 Å². The highest BCUT2D eigenvalue weighted by molar-refractivity contribution is 7.10. The van der Waals surface area contributed by atoms with Crippen LogP contribution in [0.15, 0.2) is 71.9 Å². The molecule has 2 aromatic heterocycles. The van der Waals surface area contributed by atoms with E-state index in [2.05, 4.69) is 15.4 Å². The molecule has 2 atom stereocenters. The fraction of sp³-hybridized carbons (Fsp3) is 0.0909. The first-order valence-corrected chi connectivity index (χ1v) is 10.6. The Morgan fingerprint density at radius 1 is 1.13 bits per heavy atom. The van der Waals surface area contributed by atoms with Gasteiger partial charge in [-0.25, -0.2) is 9.07 Å². The van der Waals surface area contributed by atoms with Crippen molar-refractivity contribution in [2.45, 2.75) is 12.1 Å². The standard InChI is InChI=1S/C22H14ClFN4OS/c23-12-7-8-16-14(10-12)19-18(21(29-16)13-4-1-2-5-15(13)24)20(17-6-3-9-30-17)28-22(27-19)25-11-26-28/h1-11,20-21H,(H,25,26,27)/t20-,21+/m1/s1. The molecule has 1 N–H and O–H groups in total. The van der Waals surface area contributed by atoms with E-state index in [-0.39, 0.29) is 11.9 Å². The number of rotatable bonds is 2. The molecule has 0 unspecified atom stereocenters. The molecule has 0 saturated carbocycles. The van der Waals surface area contributed by atoms with Crippen molar-refractivity contribution in [1.29, 1.82) is 0 Å². The van der Waals surface area contributed by atoms with E-state index in [1.807, 2.05) is 40.4 Å². The van der Waals surface area contributed by atoms with E-state index < -0.39 is 6.10 Å². The number of nitrogens with zero attached hydrogens (tertiary/aromatic N) is 3. The molecule has 0 spiro atoms. The second-order valence-electron chi connectivity index (χ2n) is 7.06. The van der Waals surface area contributed by atoms with Crippen molar-refractivity contribution in [3.05, 3.63) is 98.7 Å². The van der Waals surface area contributed by atoms with Crippen molar-refractivity contribution in [2.24, 2.45) is 0 Å². The minimum Gasteiger partial charge on any atom is -0.480 e. The van der Waals surface area contributed by atoms with Gasteiger partial charge in [-0.05, 0) is 35.7 Å². The third kappa shape index (κ3) is 2.59. The molecule has 2 aromatic carbocycles. The lowest BCUT2D eigenvalue weighted by Gasteiger charge is -2.38. The predicted molar refractivity (Wildman–Crippen MR) is 114 cm³/mol. The highest BCUT2D eigenvalue weighted by atomic mass is 35.5. The van der Waals surface area contributed by atoms with Gasteiger partial charge in [0.15, 0.2) is 6.10 Å². The van der Waals surface area contributed by atoms with E-state index in [0.29, 0.717) is 22.3 Å². The number of hydrogen-bond donors (Lipinski definition) is 1. The highest BCUT2D eigenvalue weighted by Gasteiger charge is 2.42. The van der Waals surface area contributed by atoms with Crippen molar-refractivity contribution in [3.63, 3.8) is 0 Å². The van der Waals surface area contributed by atoms with E-state index in [9.17, 15) is 4.39 Å². The first kappa shape index (κ1) is 17.7. The van der Waals surface area contributed by atoms with Crippen LogP contribution in [0.1, 0.15) is 28.1 Å². The van der Waals surface area contributed by atoms with E-state index in [4.69, 9.17) is 16.3 Å². The van der Waals surface area contributed by atoms with E-state index in [1.165, 1.54) is 12.4 Å². The Morgan fingerprint density at radius 3 is 2.87 bits per heavy atom. The molecule has 6 rings (SSSR count). The van der Waals surface area contributed by atoms with E-state index in [0.717, 1.165) is 21.7 Å². The normalized spacial score (nSPS) is 19.4. The summed E-state index contributed by atoms with van der Waals surface area (Å²) in [7, 11) is 0. The average Bonchev–Trinajstić information content (AvgIpc) is 3.44. The van der Waals surface area contributed by atoms with Crippen LogP contribution < -0.4 is 10.1 Å². The van der Waals surface area contributed by atoms with Gasteiger partial charge in [0.05, 0.1) is 5.70 Å². The molecule has 30 heavy (non-hydrogen) atoms. The first-order chi connectivity index (χ1) is 14.7. The number of thiophene rings is 1. The summed E-state index contributed by atoms with van der Waals surface area (Å²) < 4.78 is 23.1. The van der Waals surface area contributed by atoms with E-state index >= 15 is 0 Å². The maximum Gasteiger partial charge on any atom is 0.226 e. The van der Waals surface area contributed by atoms with Crippen molar-refractivity contribution >= 4 is 34.6 Å². The zero-order chi connectivity index (χ0) is 20.2. The number of benzene rings is 2. The van der Waals surface area contributed by atoms with Crippen LogP contribution in [0.2, 0.25) is 5.02 Å². The van der Waals surface area contributed by atoms with Crippen LogP contribution in [-0.2, 0) is 0 Å². The van der Waals surface area contributed by atoms with Crippen LogP contribution in [0.4, 0.5) is 10.3 Å². The van der Waals surface area contributed by atoms with Crippen molar-refractivity contribution < 1.29 is 9.13 Å². The van der Waals surface area contributed by atoms with Gasteiger partial charge in [0.2, 0.25) is 5.95 Å². The van der Waals surface area contributed by atoms with Crippen molar-refractivity contribution in [1.82, 2.24) is 14.8 Å². The second-order valence-corrected chi connectivity index (χ2v) is 8.48. The van der Waals surface area contributed by atoms with Gasteiger partial charge < -0.3 is 10.1 Å². The molecule has 0 bridgehead atoms. The Labute approximate surface area is 180 Å². The van der Waals surface area contributed by atoms with Crippen LogP contribution in [0.25, 0.3) is 5.70 Å². The number of hydrogen-bond acceptors (Lipinski definition) is 5. The molecule has 148 valence electrons. The topological polar surface area (TPSA) is 52.0 Å². The molecule has 0 fully saturated rings. The minimum absolute atomic E-state index is 0.282. The molecule has 0 saturated heterocycles. The smallest absolute Gasteiger partial charge is 0.226 e. The molecule has 2 aliphatic heterocycles. The number of ether oxygens (including phenoxy) is 1. The molecular weight excluding hydrogens is 423 g/mol. The third-order valence-electron chi connectivity index (χ3n) is 5.38. The van der Waals surface area contributed by atoms with Crippen LogP contribution in [0.5, 0.6) is 5.75 Å². The van der Waals surface area contributed by atoms with Crippen LogP contribution in [0, 0.1) is 5.82 Å². The summed E-state index contributed by atoms with van der Waals surface area (Å²) in [6.07, 6.45) is 0.881. The monoisotopic (exact) mass is 436 g/mol. The van der Waals surface area contributed by atoms with Gasteiger partial charge >= 0.3 is 0 Å². The average molecular weight is 437 g/mol. The number of aromatic nitrogens is 3. The van der Waals surface area contributed by atoms with Gasteiger partial charge in [0.25, 0.3) is 0 Å². The van der Waals surface area contributed by atoms with Gasteiger partial charge in [-0.15, -0.1) is 11.3 Å². The number of anilines is 1. The summed E-state index contributed by atoms with van der Waals surface area (Å²) in [5, 5.41) is 10.4. The van der Waals surface area contributed by atoms with Crippen LogP contribution in [0.3, 0.4) is 0 Å². The van der Waals surface area contributed by atoms with Crippen molar-refractivity contribution in [2.75, 3.05) is 5.32 Å². The molecular formula is C22H14ClFN4OS. The summed E-state index contributed by atoms with van der Waals surface area (Å²) in [5.74, 6) is 0.935. The third-order valence-corrected chi connectivity index (χ3v) is 6.54. The molecule has 2 aliphatic rings. The Hall–Kier alpha value is -3.16. The predicted octanol–water partition coefficient (Wildman–Crippen LogP) is 5.69. The first-order valence-electron chi connectivity index (χ1n) is 9.35. The quantitative estimate of drug-likeness (QED) is 0.438. The van der Waals surface area contributed by atoms with Gasteiger partial charge in [-0.3, -0.25) is 0 Å². The largest absolute Gasteiger partial charge is 0.480 e. The molecule has 0 amide bonds. The summed E-state index contributed by atoms with van der Waals surface area (Å²) in [6, 6.07) is 15.9. The molecule has 5 nitrogen and oxygen atoms in total. The minimum atomic E-state index is -0.633. The number of fused-ring (bicyclic) bond motifs is 3. The lowest BCUT2D eigenvalue weighted by Crippen LogP contribution is -2.32. The molecule has 8 heteroatoms. The number of halogens is 2. The summed E-state index contributed by atoms with van der Waals surface area (Å²) in [4.78, 5) is 5.44. The summed E-state index contributed by atoms with van der Waals surface area (Å²) in [5.41, 5.74) is 2.99. The lowest BCUT2D eigenvalue weighted by atomic mass is 9.87. The highest BCUT2D eigenvalue weighted by Crippen LogP contribution is 2.51. The van der Waals surface area contributed by atoms with Gasteiger partial charge in [0.1, 0.15) is 23.9 Å². The van der Waals surface area contributed by atoms with Crippen molar-refractivity contribution in [3.8, 4) is 5.75 Å². The SMILES string of the molecule is Fc1ccccc1[C@@H]1Oc2ccc(Cl)cc2C2=C1[C@@H](c1cccs1)n1ncnc1N2. The lowest BCUT2D eigenvalue weighted by molar-refractivity contribution is 0.218. The fourth-order valence-electron chi connectivity index (χ4n) is 4.11. The van der Waals surface area contributed by atoms with Crippen LogP contribution in [-0.4, -0.2) is 14.8 Å². The van der Waals surface area contributed by atoms with Crippen LogP contribution >= 0.6 is 22.9 Å². The Kier molecular flexibility index (Phi) is 3.94. The zero-order valence-electron chi connectivity index (χ0n) is 15.4. The molecule has 4 heterocycles. The maximum atomic E-state index is 14.9. The summed E-state index contributed by atoms with van der Waals surface area (Å²) in [6.45, 7) is 0.